The van der Waals surface area contributed by atoms with Crippen molar-refractivity contribution in [1.82, 2.24) is 0 Å². The van der Waals surface area contributed by atoms with Crippen LogP contribution in [0.4, 0.5) is 18.9 Å². The first-order valence-corrected chi connectivity index (χ1v) is 6.53. The number of nitrogens with one attached hydrogen (secondary N) is 1. The number of nitrogens with two attached hydrogens (primary N) is 1. The van der Waals surface area contributed by atoms with Gasteiger partial charge in [-0.25, -0.2) is 0 Å². The molecular formula is C13H17Cl2F3N2O2. The van der Waals surface area contributed by atoms with Gasteiger partial charge in [0.15, 0.2) is 6.61 Å². The van der Waals surface area contributed by atoms with Gasteiger partial charge in [-0.2, -0.15) is 13.2 Å². The number of hydrogen-bond acceptors (Lipinski definition) is 3. The molecule has 1 aromatic rings. The smallest absolute Gasteiger partial charge is 0.422 e. The van der Waals surface area contributed by atoms with Gasteiger partial charge in [0.2, 0.25) is 5.91 Å². The van der Waals surface area contributed by atoms with Crippen LogP contribution in [0.15, 0.2) is 18.2 Å². The standard InChI is InChI=1S/C13H16ClF3N2O2.ClH/c1-7(8(2)18)12(20)19-10-4-3-9(14)5-11(10)21-6-13(15,16)17;/h3-5,7-8H,6,18H2,1-2H3,(H,19,20);1H. The molecule has 0 heterocycles. The Morgan fingerprint density at radius 1 is 1.41 bits per heavy atom. The van der Waals surface area contributed by atoms with Crippen LogP contribution in [-0.2, 0) is 4.79 Å². The fourth-order valence-electron chi connectivity index (χ4n) is 1.36. The van der Waals surface area contributed by atoms with E-state index in [4.69, 9.17) is 17.3 Å². The molecule has 0 fully saturated rings. The third-order valence-corrected chi connectivity index (χ3v) is 3.03. The molecule has 3 N–H and O–H groups in total. The molecule has 22 heavy (non-hydrogen) atoms. The summed E-state index contributed by atoms with van der Waals surface area (Å²) in [6.45, 7) is 1.80. The molecule has 126 valence electrons. The van der Waals surface area contributed by atoms with E-state index in [1.54, 1.807) is 13.8 Å². The van der Waals surface area contributed by atoms with Crippen LogP contribution in [0.5, 0.6) is 5.75 Å². The van der Waals surface area contributed by atoms with Crippen LogP contribution < -0.4 is 15.8 Å². The van der Waals surface area contributed by atoms with Gasteiger partial charge >= 0.3 is 6.18 Å². The van der Waals surface area contributed by atoms with Gasteiger partial charge in [-0.1, -0.05) is 18.5 Å². The second kappa shape index (κ2) is 8.45. The van der Waals surface area contributed by atoms with E-state index in [9.17, 15) is 18.0 Å². The summed E-state index contributed by atoms with van der Waals surface area (Å²) in [4.78, 5) is 11.9. The van der Waals surface area contributed by atoms with Crippen LogP contribution >= 0.6 is 24.0 Å². The molecule has 0 saturated heterocycles. The van der Waals surface area contributed by atoms with Gasteiger partial charge in [0.1, 0.15) is 5.75 Å². The third-order valence-electron chi connectivity index (χ3n) is 2.80. The van der Waals surface area contributed by atoms with Crippen molar-refractivity contribution in [3.8, 4) is 5.75 Å². The molecule has 0 spiro atoms. The second-order valence-corrected chi connectivity index (χ2v) is 5.12. The molecule has 2 unspecified atom stereocenters. The van der Waals surface area contributed by atoms with Gasteiger partial charge in [0, 0.05) is 17.1 Å². The van der Waals surface area contributed by atoms with Crippen molar-refractivity contribution in [3.63, 3.8) is 0 Å². The van der Waals surface area contributed by atoms with Gasteiger partial charge < -0.3 is 15.8 Å². The number of hydrogen-bond donors (Lipinski definition) is 2. The first-order chi connectivity index (χ1) is 9.60. The summed E-state index contributed by atoms with van der Waals surface area (Å²) in [6, 6.07) is 3.63. The predicted octanol–water partition coefficient (Wildman–Crippen LogP) is 3.62. The maximum Gasteiger partial charge on any atom is 0.422 e. The average molecular weight is 361 g/mol. The Kier molecular flexibility index (Phi) is 8.00. The third kappa shape index (κ3) is 6.72. The number of benzene rings is 1. The number of halogens is 5. The predicted molar refractivity (Wildman–Crippen MR) is 81.7 cm³/mol. The van der Waals surface area contributed by atoms with E-state index < -0.39 is 30.7 Å². The Labute approximate surface area is 137 Å². The molecule has 0 aromatic heterocycles. The molecule has 0 radical (unpaired) electrons. The first kappa shape index (κ1) is 20.8. The van der Waals surface area contributed by atoms with Crippen molar-refractivity contribution in [2.24, 2.45) is 11.7 Å². The lowest BCUT2D eigenvalue weighted by Gasteiger charge is -2.18. The van der Waals surface area contributed by atoms with Crippen molar-refractivity contribution >= 4 is 35.6 Å². The van der Waals surface area contributed by atoms with Crippen LogP contribution in [0, 0.1) is 5.92 Å². The van der Waals surface area contributed by atoms with Crippen LogP contribution in [0.3, 0.4) is 0 Å². The van der Waals surface area contributed by atoms with Crippen LogP contribution in [0.1, 0.15) is 13.8 Å². The summed E-state index contributed by atoms with van der Waals surface area (Å²) in [5, 5.41) is 2.68. The Morgan fingerprint density at radius 3 is 2.50 bits per heavy atom. The summed E-state index contributed by atoms with van der Waals surface area (Å²) < 4.78 is 41.3. The monoisotopic (exact) mass is 360 g/mol. The number of rotatable bonds is 5. The summed E-state index contributed by atoms with van der Waals surface area (Å²) in [5.74, 6) is -1.06. The minimum atomic E-state index is -4.48. The highest BCUT2D eigenvalue weighted by molar-refractivity contribution is 6.30. The van der Waals surface area contributed by atoms with E-state index in [0.29, 0.717) is 0 Å². The van der Waals surface area contributed by atoms with E-state index in [1.807, 2.05) is 0 Å². The normalized spacial score (nSPS) is 13.8. The first-order valence-electron chi connectivity index (χ1n) is 6.15. The SMILES string of the molecule is CC(N)C(C)C(=O)Nc1ccc(Cl)cc1OCC(F)(F)F.Cl. The van der Waals surface area contributed by atoms with E-state index in [-0.39, 0.29) is 28.9 Å². The lowest BCUT2D eigenvalue weighted by atomic mass is 10.0. The van der Waals surface area contributed by atoms with Gasteiger partial charge in [-0.15, -0.1) is 12.4 Å². The van der Waals surface area contributed by atoms with Gasteiger partial charge in [0.05, 0.1) is 11.6 Å². The highest BCUT2D eigenvalue weighted by Crippen LogP contribution is 2.30. The number of anilines is 1. The highest BCUT2D eigenvalue weighted by Gasteiger charge is 2.29. The highest BCUT2D eigenvalue weighted by atomic mass is 35.5. The number of amides is 1. The molecule has 1 aromatic carbocycles. The average Bonchev–Trinajstić information content (AvgIpc) is 2.36. The molecule has 9 heteroatoms. The van der Waals surface area contributed by atoms with Crippen molar-refractivity contribution in [3.05, 3.63) is 23.2 Å². The summed E-state index contributed by atoms with van der Waals surface area (Å²) in [7, 11) is 0. The topological polar surface area (TPSA) is 64.4 Å². The molecular weight excluding hydrogens is 344 g/mol. The number of alkyl halides is 3. The van der Waals surface area contributed by atoms with E-state index in [1.165, 1.54) is 18.2 Å². The quantitative estimate of drug-likeness (QED) is 0.842. The van der Waals surface area contributed by atoms with E-state index in [0.717, 1.165) is 0 Å². The van der Waals surface area contributed by atoms with Gasteiger partial charge in [0.25, 0.3) is 0 Å². The fraction of sp³-hybridized carbons (Fsp3) is 0.462. The number of carbonyl (C=O) groups excluding carboxylic acids is 1. The maximum atomic E-state index is 12.2. The number of carbonyl (C=O) groups is 1. The zero-order chi connectivity index (χ0) is 16.2. The van der Waals surface area contributed by atoms with Gasteiger partial charge in [-0.3, -0.25) is 4.79 Å². The second-order valence-electron chi connectivity index (χ2n) is 4.68. The molecule has 1 rings (SSSR count). The zero-order valence-electron chi connectivity index (χ0n) is 11.9. The lowest BCUT2D eigenvalue weighted by Crippen LogP contribution is -2.34. The van der Waals surface area contributed by atoms with E-state index in [2.05, 4.69) is 10.1 Å². The van der Waals surface area contributed by atoms with Crippen molar-refractivity contribution in [1.29, 1.82) is 0 Å². The number of ether oxygens (including phenoxy) is 1. The molecule has 1 amide bonds. The molecule has 2 atom stereocenters. The molecule has 0 aliphatic carbocycles. The maximum absolute atomic E-state index is 12.2. The summed E-state index contributed by atoms with van der Waals surface area (Å²) in [5.41, 5.74) is 5.72. The van der Waals surface area contributed by atoms with E-state index >= 15 is 0 Å². The zero-order valence-corrected chi connectivity index (χ0v) is 13.5. The van der Waals surface area contributed by atoms with Crippen LogP contribution in [0.25, 0.3) is 0 Å². The Balaban J connectivity index is 0.00000441. The Bertz CT molecular complexity index is 511. The van der Waals surface area contributed by atoms with Crippen LogP contribution in [-0.4, -0.2) is 24.7 Å². The minimum Gasteiger partial charge on any atom is -0.482 e. The van der Waals surface area contributed by atoms with Crippen molar-refractivity contribution in [2.45, 2.75) is 26.1 Å². The molecule has 0 saturated carbocycles. The lowest BCUT2D eigenvalue weighted by molar-refractivity contribution is -0.153. The molecule has 4 nitrogen and oxygen atoms in total. The Hall–Kier alpha value is -1.18. The minimum absolute atomic E-state index is 0. The van der Waals surface area contributed by atoms with Crippen LogP contribution in [0.2, 0.25) is 5.02 Å². The molecule has 0 aliphatic rings. The summed E-state index contributed by atoms with van der Waals surface area (Å²) >= 11 is 5.72. The van der Waals surface area contributed by atoms with Gasteiger partial charge in [-0.05, 0) is 19.1 Å². The molecule has 0 bridgehead atoms. The summed E-state index contributed by atoms with van der Waals surface area (Å²) in [6.07, 6.45) is -4.48. The fourth-order valence-corrected chi connectivity index (χ4v) is 1.53. The van der Waals surface area contributed by atoms with Crippen molar-refractivity contribution < 1.29 is 22.7 Å². The Morgan fingerprint density at radius 2 is 2.00 bits per heavy atom. The largest absolute Gasteiger partial charge is 0.482 e. The molecule has 0 aliphatic heterocycles. The van der Waals surface area contributed by atoms with Crippen molar-refractivity contribution in [2.75, 3.05) is 11.9 Å².